The maximum atomic E-state index is 5.83. The molecule has 0 bridgehead atoms. The van der Waals surface area contributed by atoms with Crippen LogP contribution in [0.15, 0.2) is 41.5 Å². The number of aryl methyl sites for hydroxylation is 1. The summed E-state index contributed by atoms with van der Waals surface area (Å²) in [6.45, 7) is 5.60. The molecule has 1 unspecified atom stereocenters. The molecule has 24 heavy (non-hydrogen) atoms. The Morgan fingerprint density at radius 2 is 2.04 bits per heavy atom. The Hall–Kier alpha value is -1.35. The molecule has 2 aromatic rings. The van der Waals surface area contributed by atoms with Crippen LogP contribution < -0.4 is 15.4 Å². The van der Waals surface area contributed by atoms with E-state index >= 15 is 0 Å². The number of hydrogen-bond donors (Lipinski definition) is 2. The predicted octanol–water partition coefficient (Wildman–Crippen LogP) is 3.24. The van der Waals surface area contributed by atoms with Gasteiger partial charge in [0.05, 0.1) is 11.6 Å². The van der Waals surface area contributed by atoms with Crippen LogP contribution >= 0.6 is 35.3 Å². The van der Waals surface area contributed by atoms with Gasteiger partial charge >= 0.3 is 0 Å². The van der Waals surface area contributed by atoms with E-state index in [0.717, 1.165) is 29.7 Å². The van der Waals surface area contributed by atoms with Gasteiger partial charge in [0.15, 0.2) is 5.96 Å². The van der Waals surface area contributed by atoms with Crippen molar-refractivity contribution in [2.75, 3.05) is 20.1 Å². The number of nitrogens with zero attached hydrogens (tertiary/aromatic N) is 2. The molecule has 1 atom stereocenters. The standard InChI is InChI=1S/C17H24N4OS.HI/c1-13(22-15-7-5-4-6-8-15)11-21-17(18-3)19-10-9-16-20-12-14(2)23-16;/h4-8,12-13H,9-11H2,1-3H3,(H2,18,19,21);1H. The molecular weight excluding hydrogens is 435 g/mol. The van der Waals surface area contributed by atoms with Gasteiger partial charge in [-0.05, 0) is 26.0 Å². The van der Waals surface area contributed by atoms with Gasteiger partial charge in [-0.3, -0.25) is 4.99 Å². The van der Waals surface area contributed by atoms with Gasteiger partial charge in [0, 0.05) is 31.1 Å². The summed E-state index contributed by atoms with van der Waals surface area (Å²) in [5.41, 5.74) is 0. The monoisotopic (exact) mass is 460 g/mol. The van der Waals surface area contributed by atoms with Crippen LogP contribution in [0.5, 0.6) is 5.75 Å². The number of ether oxygens (including phenoxy) is 1. The van der Waals surface area contributed by atoms with Crippen molar-refractivity contribution >= 4 is 41.3 Å². The Bertz CT molecular complexity index is 618. The van der Waals surface area contributed by atoms with Gasteiger partial charge in [-0.2, -0.15) is 0 Å². The summed E-state index contributed by atoms with van der Waals surface area (Å²) in [7, 11) is 1.77. The molecule has 1 aromatic heterocycles. The summed E-state index contributed by atoms with van der Waals surface area (Å²) in [5, 5.41) is 7.72. The van der Waals surface area contributed by atoms with E-state index in [1.54, 1.807) is 18.4 Å². The summed E-state index contributed by atoms with van der Waals surface area (Å²) in [6.07, 6.45) is 2.86. The van der Waals surface area contributed by atoms with Gasteiger partial charge in [0.25, 0.3) is 0 Å². The first kappa shape index (κ1) is 20.7. The van der Waals surface area contributed by atoms with Crippen molar-refractivity contribution < 1.29 is 4.74 Å². The zero-order valence-corrected chi connectivity index (χ0v) is 17.4. The summed E-state index contributed by atoms with van der Waals surface area (Å²) in [5.74, 6) is 1.66. The van der Waals surface area contributed by atoms with Gasteiger partial charge in [0.2, 0.25) is 0 Å². The SMILES string of the molecule is CN=C(NCCc1ncc(C)s1)NCC(C)Oc1ccccc1.I. The second kappa shape index (κ2) is 11.2. The lowest BCUT2D eigenvalue weighted by Crippen LogP contribution is -2.42. The first-order valence-corrected chi connectivity index (χ1v) is 8.56. The van der Waals surface area contributed by atoms with Gasteiger partial charge in [0.1, 0.15) is 11.9 Å². The number of hydrogen-bond acceptors (Lipinski definition) is 4. The molecule has 0 radical (unpaired) electrons. The van der Waals surface area contributed by atoms with Crippen molar-refractivity contribution in [2.24, 2.45) is 4.99 Å². The number of aromatic nitrogens is 1. The fraction of sp³-hybridized carbons (Fsp3) is 0.412. The zero-order valence-electron chi connectivity index (χ0n) is 14.3. The second-order valence-corrected chi connectivity index (χ2v) is 6.56. The first-order chi connectivity index (χ1) is 11.2. The molecule has 2 rings (SSSR count). The molecule has 5 nitrogen and oxygen atoms in total. The third-order valence-electron chi connectivity index (χ3n) is 3.16. The molecule has 2 N–H and O–H groups in total. The lowest BCUT2D eigenvalue weighted by atomic mass is 10.3. The maximum Gasteiger partial charge on any atom is 0.191 e. The summed E-state index contributed by atoms with van der Waals surface area (Å²) >= 11 is 1.74. The highest BCUT2D eigenvalue weighted by Crippen LogP contribution is 2.11. The van der Waals surface area contributed by atoms with Crippen molar-refractivity contribution in [3.63, 3.8) is 0 Å². The quantitative estimate of drug-likeness (QED) is 0.379. The Balaban J connectivity index is 0.00000288. The largest absolute Gasteiger partial charge is 0.489 e. The minimum absolute atomic E-state index is 0. The molecular formula is C17H25IN4OS. The van der Waals surface area contributed by atoms with Crippen molar-refractivity contribution in [2.45, 2.75) is 26.4 Å². The second-order valence-electron chi connectivity index (χ2n) is 5.24. The first-order valence-electron chi connectivity index (χ1n) is 7.75. The van der Waals surface area contributed by atoms with Crippen LogP contribution in [-0.2, 0) is 6.42 Å². The van der Waals surface area contributed by atoms with Crippen molar-refractivity contribution in [1.29, 1.82) is 0 Å². The van der Waals surface area contributed by atoms with Crippen LogP contribution in [0.4, 0.5) is 0 Å². The summed E-state index contributed by atoms with van der Waals surface area (Å²) in [6, 6.07) is 9.83. The number of guanidine groups is 1. The number of nitrogens with one attached hydrogen (secondary N) is 2. The molecule has 0 aliphatic heterocycles. The fourth-order valence-electron chi connectivity index (χ4n) is 2.04. The number of thiazole rings is 1. The Morgan fingerprint density at radius 1 is 1.29 bits per heavy atom. The van der Waals surface area contributed by atoms with Crippen LogP contribution in [0.25, 0.3) is 0 Å². The molecule has 0 saturated heterocycles. The third kappa shape index (κ3) is 7.48. The molecule has 132 valence electrons. The highest BCUT2D eigenvalue weighted by atomic mass is 127. The molecule has 0 amide bonds. The number of halogens is 1. The lowest BCUT2D eigenvalue weighted by molar-refractivity contribution is 0.224. The highest BCUT2D eigenvalue weighted by molar-refractivity contribution is 14.0. The molecule has 0 fully saturated rings. The Kier molecular flexibility index (Phi) is 9.70. The van der Waals surface area contributed by atoms with E-state index in [2.05, 4.69) is 27.5 Å². The Labute approximate surface area is 165 Å². The van der Waals surface area contributed by atoms with E-state index in [1.807, 2.05) is 43.5 Å². The minimum atomic E-state index is 0. The molecule has 1 heterocycles. The van der Waals surface area contributed by atoms with Crippen molar-refractivity contribution in [3.8, 4) is 5.75 Å². The van der Waals surface area contributed by atoms with Gasteiger partial charge in [-0.1, -0.05) is 18.2 Å². The molecule has 0 spiro atoms. The van der Waals surface area contributed by atoms with Crippen LogP contribution in [0.3, 0.4) is 0 Å². The number of para-hydroxylation sites is 1. The van der Waals surface area contributed by atoms with Crippen molar-refractivity contribution in [3.05, 3.63) is 46.4 Å². The van der Waals surface area contributed by atoms with Gasteiger partial charge in [-0.15, -0.1) is 35.3 Å². The fourth-order valence-corrected chi connectivity index (χ4v) is 2.83. The molecule has 0 saturated carbocycles. The predicted molar refractivity (Wildman–Crippen MR) is 112 cm³/mol. The summed E-state index contributed by atoms with van der Waals surface area (Å²) in [4.78, 5) is 9.83. The van der Waals surface area contributed by atoms with Crippen LogP contribution in [0, 0.1) is 6.92 Å². The zero-order chi connectivity index (χ0) is 16.5. The van der Waals surface area contributed by atoms with E-state index in [1.165, 1.54) is 4.88 Å². The number of aliphatic imine (C=N–C) groups is 1. The van der Waals surface area contributed by atoms with E-state index in [0.29, 0.717) is 6.54 Å². The smallest absolute Gasteiger partial charge is 0.191 e. The van der Waals surface area contributed by atoms with E-state index in [-0.39, 0.29) is 30.1 Å². The molecule has 7 heteroatoms. The van der Waals surface area contributed by atoms with Gasteiger partial charge in [-0.25, -0.2) is 4.98 Å². The normalized spacial score (nSPS) is 12.2. The van der Waals surface area contributed by atoms with Crippen LogP contribution in [0.1, 0.15) is 16.8 Å². The van der Waals surface area contributed by atoms with E-state index in [4.69, 9.17) is 4.74 Å². The summed E-state index contributed by atoms with van der Waals surface area (Å²) < 4.78 is 5.83. The molecule has 0 aliphatic rings. The molecule has 1 aromatic carbocycles. The van der Waals surface area contributed by atoms with Crippen LogP contribution in [0.2, 0.25) is 0 Å². The Morgan fingerprint density at radius 3 is 2.67 bits per heavy atom. The minimum Gasteiger partial charge on any atom is -0.489 e. The van der Waals surface area contributed by atoms with E-state index < -0.39 is 0 Å². The average molecular weight is 460 g/mol. The molecule has 0 aliphatic carbocycles. The number of benzene rings is 1. The van der Waals surface area contributed by atoms with E-state index in [9.17, 15) is 0 Å². The topological polar surface area (TPSA) is 58.5 Å². The lowest BCUT2D eigenvalue weighted by Gasteiger charge is -2.17. The highest BCUT2D eigenvalue weighted by Gasteiger charge is 2.06. The third-order valence-corrected chi connectivity index (χ3v) is 4.13. The number of rotatable bonds is 7. The maximum absolute atomic E-state index is 5.83. The van der Waals surface area contributed by atoms with Crippen LogP contribution in [-0.4, -0.2) is 37.2 Å². The van der Waals surface area contributed by atoms with Gasteiger partial charge < -0.3 is 15.4 Å². The van der Waals surface area contributed by atoms with Crippen molar-refractivity contribution in [1.82, 2.24) is 15.6 Å². The average Bonchev–Trinajstić information content (AvgIpc) is 2.97.